The summed E-state index contributed by atoms with van der Waals surface area (Å²) in [6.45, 7) is 3.31. The van der Waals surface area contributed by atoms with Crippen molar-refractivity contribution in [3.05, 3.63) is 28.7 Å². The molecule has 0 aromatic heterocycles. The molecular formula is C12H16BrNO3. The van der Waals surface area contributed by atoms with Crippen LogP contribution in [0, 0.1) is 0 Å². The van der Waals surface area contributed by atoms with Gasteiger partial charge in [-0.25, -0.2) is 0 Å². The van der Waals surface area contributed by atoms with Gasteiger partial charge in [0, 0.05) is 10.5 Å². The number of hydrogen-bond donors (Lipinski definition) is 2. The molecule has 1 rings (SSSR count). The number of carbonyl (C=O) groups is 1. The number of nitrogens with one attached hydrogen (secondary N) is 1. The Morgan fingerprint density at radius 1 is 1.41 bits per heavy atom. The van der Waals surface area contributed by atoms with Gasteiger partial charge >= 0.3 is 0 Å². The molecule has 17 heavy (non-hydrogen) atoms. The summed E-state index contributed by atoms with van der Waals surface area (Å²) < 4.78 is 6.42. The molecule has 0 saturated carbocycles. The van der Waals surface area contributed by atoms with Gasteiger partial charge in [0.25, 0.3) is 5.91 Å². The molecule has 2 N–H and O–H groups in total. The topological polar surface area (TPSA) is 58.6 Å². The second-order valence-corrected chi connectivity index (χ2v) is 4.72. The van der Waals surface area contributed by atoms with Crippen molar-refractivity contribution in [2.24, 2.45) is 0 Å². The van der Waals surface area contributed by atoms with E-state index >= 15 is 0 Å². The summed E-state index contributed by atoms with van der Waals surface area (Å²) in [5.74, 6) is 0.391. The van der Waals surface area contributed by atoms with Gasteiger partial charge < -0.3 is 15.2 Å². The standard InChI is InChI=1S/C12H16BrNO3/c1-8(7-15)14-12(16)9(2)17-11-5-3-10(13)4-6-11/h3-6,8-9,15H,7H2,1-2H3,(H,14,16). The summed E-state index contributed by atoms with van der Waals surface area (Å²) in [6.07, 6.45) is -0.592. The second-order valence-electron chi connectivity index (χ2n) is 3.81. The van der Waals surface area contributed by atoms with Crippen LogP contribution >= 0.6 is 15.9 Å². The molecule has 2 unspecified atom stereocenters. The average Bonchev–Trinajstić information content (AvgIpc) is 2.31. The number of amides is 1. The molecule has 0 aliphatic rings. The minimum Gasteiger partial charge on any atom is -0.481 e. The van der Waals surface area contributed by atoms with Crippen molar-refractivity contribution in [3.63, 3.8) is 0 Å². The van der Waals surface area contributed by atoms with Crippen molar-refractivity contribution < 1.29 is 14.6 Å². The first kappa shape index (κ1) is 14.0. The van der Waals surface area contributed by atoms with E-state index in [9.17, 15) is 4.79 Å². The first-order valence-corrected chi connectivity index (χ1v) is 6.15. The third kappa shape index (κ3) is 4.75. The van der Waals surface area contributed by atoms with Crippen LogP contribution in [-0.4, -0.2) is 29.8 Å². The quantitative estimate of drug-likeness (QED) is 0.870. The fourth-order valence-electron chi connectivity index (χ4n) is 1.18. The Morgan fingerprint density at radius 3 is 2.53 bits per heavy atom. The number of benzene rings is 1. The molecule has 1 aromatic carbocycles. The lowest BCUT2D eigenvalue weighted by atomic mass is 10.3. The van der Waals surface area contributed by atoms with E-state index in [1.54, 1.807) is 26.0 Å². The molecule has 0 spiro atoms. The van der Waals surface area contributed by atoms with E-state index in [0.29, 0.717) is 5.75 Å². The van der Waals surface area contributed by atoms with Gasteiger partial charge in [-0.05, 0) is 38.1 Å². The van der Waals surface area contributed by atoms with E-state index in [2.05, 4.69) is 21.2 Å². The SMILES string of the molecule is CC(CO)NC(=O)C(C)Oc1ccc(Br)cc1. The van der Waals surface area contributed by atoms with Crippen LogP contribution in [0.1, 0.15) is 13.8 Å². The van der Waals surface area contributed by atoms with Gasteiger partial charge in [-0.3, -0.25) is 4.79 Å². The summed E-state index contributed by atoms with van der Waals surface area (Å²) in [4.78, 5) is 11.6. The van der Waals surface area contributed by atoms with Crippen molar-refractivity contribution >= 4 is 21.8 Å². The van der Waals surface area contributed by atoms with Gasteiger partial charge in [0.15, 0.2) is 6.10 Å². The fourth-order valence-corrected chi connectivity index (χ4v) is 1.44. The summed E-state index contributed by atoms with van der Waals surface area (Å²) in [6, 6.07) is 6.98. The average molecular weight is 302 g/mol. The summed E-state index contributed by atoms with van der Waals surface area (Å²) in [5, 5.41) is 11.5. The predicted octanol–water partition coefficient (Wildman–Crippen LogP) is 1.71. The molecule has 94 valence electrons. The van der Waals surface area contributed by atoms with Gasteiger partial charge in [-0.2, -0.15) is 0 Å². The largest absolute Gasteiger partial charge is 0.481 e. The summed E-state index contributed by atoms with van der Waals surface area (Å²) in [7, 11) is 0. The molecule has 0 bridgehead atoms. The third-order valence-corrected chi connectivity index (χ3v) is 2.69. The summed E-state index contributed by atoms with van der Waals surface area (Å²) >= 11 is 3.32. The molecule has 1 aromatic rings. The van der Waals surface area contributed by atoms with Crippen LogP contribution in [-0.2, 0) is 4.79 Å². The Bertz CT molecular complexity index is 367. The number of aliphatic hydroxyl groups is 1. The molecule has 0 aliphatic heterocycles. The highest BCUT2D eigenvalue weighted by molar-refractivity contribution is 9.10. The molecule has 0 radical (unpaired) electrons. The Balaban J connectivity index is 2.51. The van der Waals surface area contributed by atoms with Crippen molar-refractivity contribution in [1.82, 2.24) is 5.32 Å². The zero-order chi connectivity index (χ0) is 12.8. The zero-order valence-corrected chi connectivity index (χ0v) is 11.4. The lowest BCUT2D eigenvalue weighted by molar-refractivity contribution is -0.128. The van der Waals surface area contributed by atoms with E-state index < -0.39 is 6.10 Å². The van der Waals surface area contributed by atoms with Crippen LogP contribution in [0.25, 0.3) is 0 Å². The van der Waals surface area contributed by atoms with Gasteiger partial charge in [0.1, 0.15) is 5.75 Å². The van der Waals surface area contributed by atoms with Crippen molar-refractivity contribution in [2.45, 2.75) is 26.0 Å². The smallest absolute Gasteiger partial charge is 0.261 e. The van der Waals surface area contributed by atoms with E-state index in [4.69, 9.17) is 9.84 Å². The van der Waals surface area contributed by atoms with Crippen molar-refractivity contribution in [3.8, 4) is 5.75 Å². The van der Waals surface area contributed by atoms with E-state index in [1.807, 2.05) is 12.1 Å². The number of carbonyl (C=O) groups excluding carboxylic acids is 1. The third-order valence-electron chi connectivity index (χ3n) is 2.16. The van der Waals surface area contributed by atoms with Crippen molar-refractivity contribution in [2.75, 3.05) is 6.61 Å². The molecule has 2 atom stereocenters. The Morgan fingerprint density at radius 2 is 2.00 bits per heavy atom. The van der Waals surface area contributed by atoms with E-state index in [1.165, 1.54) is 0 Å². The van der Waals surface area contributed by atoms with E-state index in [0.717, 1.165) is 4.47 Å². The molecule has 0 saturated heterocycles. The second kappa shape index (κ2) is 6.61. The Hall–Kier alpha value is -1.07. The predicted molar refractivity (Wildman–Crippen MR) is 68.9 cm³/mol. The zero-order valence-electron chi connectivity index (χ0n) is 9.81. The van der Waals surface area contributed by atoms with Gasteiger partial charge in [-0.1, -0.05) is 15.9 Å². The minimum atomic E-state index is -0.592. The van der Waals surface area contributed by atoms with E-state index in [-0.39, 0.29) is 18.6 Å². The number of ether oxygens (including phenoxy) is 1. The minimum absolute atomic E-state index is 0.0866. The van der Waals surface area contributed by atoms with Gasteiger partial charge in [0.2, 0.25) is 0 Å². The highest BCUT2D eigenvalue weighted by Crippen LogP contribution is 2.17. The monoisotopic (exact) mass is 301 g/mol. The van der Waals surface area contributed by atoms with Gasteiger partial charge in [-0.15, -0.1) is 0 Å². The maximum Gasteiger partial charge on any atom is 0.261 e. The maximum atomic E-state index is 11.6. The fraction of sp³-hybridized carbons (Fsp3) is 0.417. The van der Waals surface area contributed by atoms with Crippen molar-refractivity contribution in [1.29, 1.82) is 0 Å². The van der Waals surface area contributed by atoms with Crippen LogP contribution in [0.2, 0.25) is 0 Å². The summed E-state index contributed by atoms with van der Waals surface area (Å²) in [5.41, 5.74) is 0. The van der Waals surface area contributed by atoms with Crippen LogP contribution < -0.4 is 10.1 Å². The number of hydrogen-bond acceptors (Lipinski definition) is 3. The first-order valence-electron chi connectivity index (χ1n) is 5.36. The lowest BCUT2D eigenvalue weighted by Crippen LogP contribution is -2.42. The van der Waals surface area contributed by atoms with Crippen LogP contribution in [0.4, 0.5) is 0 Å². The van der Waals surface area contributed by atoms with Crippen LogP contribution in [0.5, 0.6) is 5.75 Å². The molecule has 5 heteroatoms. The van der Waals surface area contributed by atoms with Crippen LogP contribution in [0.15, 0.2) is 28.7 Å². The maximum absolute atomic E-state index is 11.6. The normalized spacial score (nSPS) is 13.9. The highest BCUT2D eigenvalue weighted by Gasteiger charge is 2.16. The molecule has 1 amide bonds. The number of aliphatic hydroxyl groups excluding tert-OH is 1. The highest BCUT2D eigenvalue weighted by atomic mass is 79.9. The lowest BCUT2D eigenvalue weighted by Gasteiger charge is -2.17. The number of rotatable bonds is 5. The Kier molecular flexibility index (Phi) is 5.44. The molecule has 4 nitrogen and oxygen atoms in total. The van der Waals surface area contributed by atoms with Gasteiger partial charge in [0.05, 0.1) is 6.61 Å². The van der Waals surface area contributed by atoms with Crippen LogP contribution in [0.3, 0.4) is 0 Å². The first-order chi connectivity index (χ1) is 8.02. The Labute approximate surface area is 109 Å². The molecule has 0 fully saturated rings. The number of halogens is 1. The molecule has 0 heterocycles. The molecule has 0 aliphatic carbocycles. The molecular weight excluding hydrogens is 286 g/mol.